The van der Waals surface area contributed by atoms with Crippen molar-refractivity contribution in [3.05, 3.63) is 36.5 Å². The molecule has 10 heteroatoms. The minimum absolute atomic E-state index is 0.302. The van der Waals surface area contributed by atoms with Crippen LogP contribution in [0.1, 0.15) is 194 Å². The van der Waals surface area contributed by atoms with Gasteiger partial charge in [-0.25, -0.2) is 0 Å². The van der Waals surface area contributed by atoms with Crippen LogP contribution in [0.25, 0.3) is 0 Å². The summed E-state index contributed by atoms with van der Waals surface area (Å²) in [5.41, 5.74) is 0. The molecule has 0 aromatic heterocycles. The van der Waals surface area contributed by atoms with Crippen molar-refractivity contribution in [3.8, 4) is 0 Å². The molecule has 0 radical (unpaired) electrons. The number of rotatable bonds is 38. The average Bonchev–Trinajstić information content (AvgIpc) is 3.21. The van der Waals surface area contributed by atoms with Crippen LogP contribution >= 0.6 is 0 Å². The van der Waals surface area contributed by atoms with Crippen molar-refractivity contribution in [1.29, 1.82) is 0 Å². The predicted octanol–water partition coefficient (Wildman–Crippen LogP) is 8.64. The van der Waals surface area contributed by atoms with Crippen LogP contribution in [0.15, 0.2) is 36.5 Å². The number of amides is 1. The topological polar surface area (TPSA) is 169 Å². The summed E-state index contributed by atoms with van der Waals surface area (Å²) < 4.78 is 11.1. The van der Waals surface area contributed by atoms with Crippen molar-refractivity contribution in [2.24, 2.45) is 0 Å². The number of unbranched alkanes of at least 4 members (excludes halogenated alkanes) is 24. The largest absolute Gasteiger partial charge is 0.394 e. The highest BCUT2D eigenvalue weighted by Gasteiger charge is 2.44. The molecule has 57 heavy (non-hydrogen) atoms. The highest BCUT2D eigenvalue weighted by Crippen LogP contribution is 2.23. The maximum atomic E-state index is 13.0. The van der Waals surface area contributed by atoms with Gasteiger partial charge in [-0.05, 0) is 32.1 Å². The van der Waals surface area contributed by atoms with Crippen molar-refractivity contribution in [2.75, 3.05) is 13.2 Å². The lowest BCUT2D eigenvalue weighted by Crippen LogP contribution is -2.60. The van der Waals surface area contributed by atoms with Crippen LogP contribution in [-0.2, 0) is 14.3 Å². The SMILES string of the molecule is CCCCCCC/C=C/C=C/CC/C=C/[C@@H](O)[C@H](CO[C@@H]1O[C@H](CO)[C@@H](O)[C@H](O)[C@H]1O)NC(=O)[C@H](O)CCCCCCCCCCCCCCCCCCCCC. The lowest BCUT2D eigenvalue weighted by molar-refractivity contribution is -0.302. The van der Waals surface area contributed by atoms with E-state index in [9.17, 15) is 35.4 Å². The van der Waals surface area contributed by atoms with E-state index in [1.165, 1.54) is 128 Å². The molecular formula is C47H87NO9. The summed E-state index contributed by atoms with van der Waals surface area (Å²) in [6, 6.07) is -1.00. The zero-order chi connectivity index (χ0) is 41.8. The number of aliphatic hydroxyl groups is 6. The zero-order valence-electron chi connectivity index (χ0n) is 36.2. The van der Waals surface area contributed by atoms with Crippen LogP contribution < -0.4 is 5.32 Å². The summed E-state index contributed by atoms with van der Waals surface area (Å²) in [5, 5.41) is 64.6. The molecule has 1 saturated heterocycles. The molecule has 10 nitrogen and oxygen atoms in total. The normalized spacial score (nSPS) is 21.9. The molecule has 0 bridgehead atoms. The molecular weight excluding hydrogens is 723 g/mol. The maximum Gasteiger partial charge on any atom is 0.249 e. The van der Waals surface area contributed by atoms with Gasteiger partial charge in [0.25, 0.3) is 0 Å². The molecule has 0 saturated carbocycles. The monoisotopic (exact) mass is 810 g/mol. The van der Waals surface area contributed by atoms with Gasteiger partial charge in [0.15, 0.2) is 6.29 Å². The van der Waals surface area contributed by atoms with E-state index in [4.69, 9.17) is 9.47 Å². The van der Waals surface area contributed by atoms with Gasteiger partial charge in [0.2, 0.25) is 5.91 Å². The molecule has 1 aliphatic heterocycles. The van der Waals surface area contributed by atoms with Gasteiger partial charge in [-0.3, -0.25) is 4.79 Å². The molecule has 1 heterocycles. The highest BCUT2D eigenvalue weighted by atomic mass is 16.7. The summed E-state index contributed by atoms with van der Waals surface area (Å²) in [6.07, 6.45) is 35.2. The minimum atomic E-state index is -1.62. The lowest BCUT2D eigenvalue weighted by atomic mass is 9.99. The molecule has 0 unspecified atom stereocenters. The predicted molar refractivity (Wildman–Crippen MR) is 232 cm³/mol. The molecule has 0 aromatic carbocycles. The first-order valence-corrected chi connectivity index (χ1v) is 23.3. The second-order valence-electron chi connectivity index (χ2n) is 16.4. The zero-order valence-corrected chi connectivity index (χ0v) is 36.2. The van der Waals surface area contributed by atoms with Gasteiger partial charge in [0, 0.05) is 0 Å². The van der Waals surface area contributed by atoms with Crippen molar-refractivity contribution in [2.45, 2.75) is 243 Å². The number of hydrogen-bond acceptors (Lipinski definition) is 9. The molecule has 0 aliphatic carbocycles. The molecule has 7 N–H and O–H groups in total. The Morgan fingerprint density at radius 2 is 1.07 bits per heavy atom. The number of carbonyl (C=O) groups excluding carboxylic acids is 1. The van der Waals surface area contributed by atoms with E-state index in [0.717, 1.165) is 32.1 Å². The summed E-state index contributed by atoms with van der Waals surface area (Å²) >= 11 is 0. The molecule has 0 aromatic rings. The number of aliphatic hydroxyl groups excluding tert-OH is 6. The molecule has 1 amide bonds. The molecule has 1 aliphatic rings. The molecule has 1 rings (SSSR count). The lowest BCUT2D eigenvalue weighted by Gasteiger charge is -2.40. The van der Waals surface area contributed by atoms with E-state index in [2.05, 4.69) is 37.4 Å². The Hall–Kier alpha value is -1.63. The molecule has 8 atom stereocenters. The quantitative estimate of drug-likeness (QED) is 0.0183. The number of hydrogen-bond donors (Lipinski definition) is 7. The van der Waals surface area contributed by atoms with E-state index in [1.54, 1.807) is 6.08 Å². The van der Waals surface area contributed by atoms with Gasteiger partial charge in [0.1, 0.15) is 30.5 Å². The Balaban J connectivity index is 2.40. The fourth-order valence-corrected chi connectivity index (χ4v) is 7.23. The second-order valence-corrected chi connectivity index (χ2v) is 16.4. The Morgan fingerprint density at radius 3 is 1.58 bits per heavy atom. The highest BCUT2D eigenvalue weighted by molar-refractivity contribution is 5.80. The second kappa shape index (κ2) is 37.4. The van der Waals surface area contributed by atoms with E-state index in [1.807, 2.05) is 12.2 Å². The summed E-state index contributed by atoms with van der Waals surface area (Å²) in [6.45, 7) is 3.56. The van der Waals surface area contributed by atoms with Gasteiger partial charge >= 0.3 is 0 Å². The smallest absolute Gasteiger partial charge is 0.249 e. The van der Waals surface area contributed by atoms with Crippen LogP contribution in [-0.4, -0.2) is 98.7 Å². The first kappa shape index (κ1) is 53.4. The fraction of sp³-hybridized carbons (Fsp3) is 0.851. The maximum absolute atomic E-state index is 13.0. The first-order valence-electron chi connectivity index (χ1n) is 23.3. The van der Waals surface area contributed by atoms with Crippen molar-refractivity contribution in [1.82, 2.24) is 5.32 Å². The standard InChI is InChI=1S/C47H87NO9/c1-3-5-7-9-11-13-15-17-18-19-20-21-22-24-26-28-30-32-34-36-41(51)46(55)48-39(38-56-47-45(54)44(53)43(52)42(37-49)57-47)40(50)35-33-31-29-27-25-23-16-14-12-10-8-6-4-2/h16,23,25,27,33,35,39-45,47,49-54H,3-15,17-22,24,26,28-32,34,36-38H2,1-2H3,(H,48,55)/b23-16+,27-25+,35-33+/t39-,40+,41+,42+,43+,44-,45+,47+/m0/s1. The van der Waals surface area contributed by atoms with E-state index in [-0.39, 0.29) is 6.61 Å². The Labute approximate surface area is 347 Å². The van der Waals surface area contributed by atoms with Crippen LogP contribution in [0.2, 0.25) is 0 Å². The van der Waals surface area contributed by atoms with Crippen LogP contribution in [0.3, 0.4) is 0 Å². The molecule has 1 fully saturated rings. The van der Waals surface area contributed by atoms with Gasteiger partial charge in [0.05, 0.1) is 25.4 Å². The van der Waals surface area contributed by atoms with Crippen LogP contribution in [0, 0.1) is 0 Å². The van der Waals surface area contributed by atoms with Crippen molar-refractivity contribution in [3.63, 3.8) is 0 Å². The number of allylic oxidation sites excluding steroid dienone is 5. The Bertz CT molecular complexity index is 1010. The van der Waals surface area contributed by atoms with Crippen LogP contribution in [0.4, 0.5) is 0 Å². The third-order valence-electron chi connectivity index (χ3n) is 11.1. The average molecular weight is 810 g/mol. The van der Waals surface area contributed by atoms with Gasteiger partial charge in [-0.1, -0.05) is 198 Å². The minimum Gasteiger partial charge on any atom is -0.394 e. The van der Waals surface area contributed by atoms with E-state index in [0.29, 0.717) is 19.3 Å². The van der Waals surface area contributed by atoms with Crippen LogP contribution in [0.5, 0.6) is 0 Å². The van der Waals surface area contributed by atoms with Crippen molar-refractivity contribution >= 4 is 5.91 Å². The summed E-state index contributed by atoms with van der Waals surface area (Å²) in [4.78, 5) is 13.0. The summed E-state index contributed by atoms with van der Waals surface area (Å²) in [5.74, 6) is -0.632. The van der Waals surface area contributed by atoms with Gasteiger partial charge < -0.3 is 45.4 Å². The van der Waals surface area contributed by atoms with Gasteiger partial charge in [-0.2, -0.15) is 0 Å². The number of ether oxygens (including phenoxy) is 2. The molecule has 0 spiro atoms. The van der Waals surface area contributed by atoms with E-state index >= 15 is 0 Å². The van der Waals surface area contributed by atoms with E-state index < -0.39 is 61.5 Å². The van der Waals surface area contributed by atoms with Gasteiger partial charge in [-0.15, -0.1) is 0 Å². The summed E-state index contributed by atoms with van der Waals surface area (Å²) in [7, 11) is 0. The van der Waals surface area contributed by atoms with Crippen molar-refractivity contribution < 1.29 is 44.9 Å². The third-order valence-corrected chi connectivity index (χ3v) is 11.1. The Kier molecular flexibility index (Phi) is 35.0. The Morgan fingerprint density at radius 1 is 0.614 bits per heavy atom. The number of nitrogens with one attached hydrogen (secondary N) is 1. The third kappa shape index (κ3) is 27.7. The number of carbonyl (C=O) groups is 1. The fourth-order valence-electron chi connectivity index (χ4n) is 7.23. The molecule has 334 valence electrons. The first-order chi connectivity index (χ1) is 27.8.